The van der Waals surface area contributed by atoms with E-state index in [0.29, 0.717) is 37.1 Å². The number of ether oxygens (including phenoxy) is 2. The number of carbonyl (C=O) groups excluding carboxylic acids is 1. The van der Waals surface area contributed by atoms with Gasteiger partial charge in [-0.15, -0.1) is 0 Å². The topological polar surface area (TPSA) is 77.7 Å². The van der Waals surface area contributed by atoms with Crippen LogP contribution in [0.15, 0.2) is 48.5 Å². The van der Waals surface area contributed by atoms with Crippen LogP contribution in [0.2, 0.25) is 0 Å². The lowest BCUT2D eigenvalue weighted by Crippen LogP contribution is -2.36. The Morgan fingerprint density at radius 3 is 2.85 bits per heavy atom. The molecule has 2 aromatic carbocycles. The van der Waals surface area contributed by atoms with E-state index >= 15 is 0 Å². The predicted molar refractivity (Wildman–Crippen MR) is 129 cm³/mol. The first kappa shape index (κ1) is 21.9. The van der Waals surface area contributed by atoms with Crippen molar-refractivity contribution in [3.63, 3.8) is 0 Å². The lowest BCUT2D eigenvalue weighted by atomic mass is 9.96. The molecule has 1 amide bonds. The molecule has 1 saturated heterocycles. The number of nitrogen functional groups attached to an aromatic ring is 1. The van der Waals surface area contributed by atoms with E-state index in [-0.39, 0.29) is 18.1 Å². The molecule has 33 heavy (non-hydrogen) atoms. The van der Waals surface area contributed by atoms with Gasteiger partial charge in [0, 0.05) is 48.2 Å². The number of hydrogen-bond acceptors (Lipinski definition) is 5. The van der Waals surface area contributed by atoms with Gasteiger partial charge in [-0.2, -0.15) is 0 Å². The number of benzene rings is 2. The molecule has 2 aliphatic rings. The van der Waals surface area contributed by atoms with Gasteiger partial charge in [0.15, 0.2) is 0 Å². The molecule has 0 spiro atoms. The maximum Gasteiger partial charge on any atom is 0.254 e. The van der Waals surface area contributed by atoms with Crippen LogP contribution in [0.5, 0.6) is 0 Å². The minimum Gasteiger partial charge on any atom is -0.383 e. The van der Waals surface area contributed by atoms with Crippen LogP contribution >= 0.6 is 0 Å². The van der Waals surface area contributed by atoms with Gasteiger partial charge in [0.05, 0.1) is 18.2 Å². The number of pyridine rings is 1. The van der Waals surface area contributed by atoms with Crippen LogP contribution in [-0.2, 0) is 16.1 Å². The zero-order valence-corrected chi connectivity index (χ0v) is 19.3. The fourth-order valence-electron chi connectivity index (χ4n) is 5.33. The highest BCUT2D eigenvalue weighted by molar-refractivity contribution is 5.99. The minimum absolute atomic E-state index is 0.0642. The van der Waals surface area contributed by atoms with Crippen molar-refractivity contribution in [2.75, 3.05) is 25.5 Å². The van der Waals surface area contributed by atoms with Crippen LogP contribution in [0.1, 0.15) is 65.8 Å². The van der Waals surface area contributed by atoms with Crippen molar-refractivity contribution in [2.45, 2.75) is 51.4 Å². The zero-order valence-electron chi connectivity index (χ0n) is 19.3. The van der Waals surface area contributed by atoms with Gasteiger partial charge in [-0.3, -0.25) is 4.79 Å². The van der Waals surface area contributed by atoms with E-state index in [4.69, 9.17) is 15.2 Å². The second-order valence-corrected chi connectivity index (χ2v) is 9.01. The van der Waals surface area contributed by atoms with Crippen molar-refractivity contribution in [1.29, 1.82) is 0 Å². The highest BCUT2D eigenvalue weighted by atomic mass is 16.5. The molecular formula is C27H31N3O3. The maximum atomic E-state index is 13.8. The van der Waals surface area contributed by atoms with Crippen molar-refractivity contribution < 1.29 is 14.3 Å². The molecule has 0 aliphatic carbocycles. The SMILES string of the molecule is CCOCC[C@H]1C[C@H](c2ccccc2)CN1C(=O)c1ccc2nc(N)c3c(c2c1)CO[C@@H]3C. The molecule has 172 valence electrons. The number of nitrogens with zero attached hydrogens (tertiary/aromatic N) is 2. The molecule has 6 heteroatoms. The number of fused-ring (bicyclic) bond motifs is 3. The van der Waals surface area contributed by atoms with Crippen LogP contribution in [0.4, 0.5) is 5.82 Å². The average molecular weight is 446 g/mol. The monoisotopic (exact) mass is 445 g/mol. The summed E-state index contributed by atoms with van der Waals surface area (Å²) in [5.74, 6) is 0.916. The maximum absolute atomic E-state index is 13.8. The Balaban J connectivity index is 1.46. The summed E-state index contributed by atoms with van der Waals surface area (Å²) in [5.41, 5.74) is 11.0. The van der Waals surface area contributed by atoms with E-state index in [1.54, 1.807) is 0 Å². The molecular weight excluding hydrogens is 414 g/mol. The van der Waals surface area contributed by atoms with Crippen molar-refractivity contribution in [3.05, 3.63) is 70.8 Å². The molecule has 0 unspecified atom stereocenters. The fourth-order valence-corrected chi connectivity index (χ4v) is 5.33. The summed E-state index contributed by atoms with van der Waals surface area (Å²) in [6, 6.07) is 16.4. The zero-order chi connectivity index (χ0) is 22.9. The fraction of sp³-hybridized carbons (Fsp3) is 0.407. The van der Waals surface area contributed by atoms with Gasteiger partial charge in [0.2, 0.25) is 0 Å². The van der Waals surface area contributed by atoms with E-state index in [0.717, 1.165) is 41.4 Å². The van der Waals surface area contributed by atoms with E-state index in [2.05, 4.69) is 29.2 Å². The van der Waals surface area contributed by atoms with Crippen molar-refractivity contribution in [3.8, 4) is 0 Å². The third-order valence-electron chi connectivity index (χ3n) is 7.04. The third-order valence-corrected chi connectivity index (χ3v) is 7.04. The summed E-state index contributed by atoms with van der Waals surface area (Å²) >= 11 is 0. The minimum atomic E-state index is -0.0792. The van der Waals surface area contributed by atoms with Crippen LogP contribution in [-0.4, -0.2) is 41.6 Å². The van der Waals surface area contributed by atoms with Crippen LogP contribution < -0.4 is 5.73 Å². The number of anilines is 1. The number of likely N-dealkylation sites (tertiary alicyclic amines) is 1. The summed E-state index contributed by atoms with van der Waals surface area (Å²) < 4.78 is 11.4. The Morgan fingerprint density at radius 2 is 2.06 bits per heavy atom. The molecule has 0 saturated carbocycles. The smallest absolute Gasteiger partial charge is 0.254 e. The van der Waals surface area contributed by atoms with E-state index in [9.17, 15) is 4.79 Å². The van der Waals surface area contributed by atoms with Crippen molar-refractivity contribution >= 4 is 22.6 Å². The van der Waals surface area contributed by atoms with Gasteiger partial charge in [-0.1, -0.05) is 30.3 Å². The van der Waals surface area contributed by atoms with Crippen LogP contribution in [0.3, 0.4) is 0 Å². The Kier molecular flexibility index (Phi) is 6.04. The third kappa shape index (κ3) is 4.09. The van der Waals surface area contributed by atoms with Gasteiger partial charge in [0.25, 0.3) is 5.91 Å². The number of carbonyl (C=O) groups is 1. The number of rotatable bonds is 6. The summed E-state index contributed by atoms with van der Waals surface area (Å²) in [5, 5.41) is 0.957. The average Bonchev–Trinajstić information content (AvgIpc) is 3.44. The molecule has 3 aromatic rings. The highest BCUT2D eigenvalue weighted by Gasteiger charge is 2.36. The Morgan fingerprint density at radius 1 is 1.24 bits per heavy atom. The number of nitrogens with two attached hydrogens (primary N) is 1. The Bertz CT molecular complexity index is 1160. The molecule has 0 bridgehead atoms. The first-order valence-electron chi connectivity index (χ1n) is 11.8. The second kappa shape index (κ2) is 9.12. The first-order valence-corrected chi connectivity index (χ1v) is 11.8. The number of aromatic nitrogens is 1. The van der Waals surface area contributed by atoms with Crippen molar-refractivity contribution in [1.82, 2.24) is 9.88 Å². The molecule has 1 aromatic heterocycles. The summed E-state index contributed by atoms with van der Waals surface area (Å²) in [6.45, 7) is 6.56. The quantitative estimate of drug-likeness (QED) is 0.550. The highest BCUT2D eigenvalue weighted by Crippen LogP contribution is 2.39. The van der Waals surface area contributed by atoms with E-state index < -0.39 is 0 Å². The lowest BCUT2D eigenvalue weighted by Gasteiger charge is -2.25. The van der Waals surface area contributed by atoms with Gasteiger partial charge in [-0.05, 0) is 56.0 Å². The van der Waals surface area contributed by atoms with Gasteiger partial charge in [0.1, 0.15) is 5.82 Å². The molecule has 2 N–H and O–H groups in total. The molecule has 0 radical (unpaired) electrons. The lowest BCUT2D eigenvalue weighted by molar-refractivity contribution is 0.0683. The largest absolute Gasteiger partial charge is 0.383 e. The molecule has 3 heterocycles. The summed E-state index contributed by atoms with van der Waals surface area (Å²) in [6.07, 6.45) is 1.72. The van der Waals surface area contributed by atoms with Crippen LogP contribution in [0.25, 0.3) is 10.9 Å². The molecule has 2 aliphatic heterocycles. The summed E-state index contributed by atoms with van der Waals surface area (Å²) in [4.78, 5) is 20.4. The second-order valence-electron chi connectivity index (χ2n) is 9.01. The summed E-state index contributed by atoms with van der Waals surface area (Å²) in [7, 11) is 0. The first-order chi connectivity index (χ1) is 16.1. The molecule has 1 fully saturated rings. The van der Waals surface area contributed by atoms with Crippen molar-refractivity contribution in [2.24, 2.45) is 0 Å². The molecule has 5 rings (SSSR count). The van der Waals surface area contributed by atoms with E-state index in [1.165, 1.54) is 5.56 Å². The Labute approximate surface area is 194 Å². The van der Waals surface area contributed by atoms with Crippen LogP contribution in [0, 0.1) is 0 Å². The normalized spacial score (nSPS) is 22.1. The standard InChI is InChI=1S/C27H31N3O3/c1-3-32-12-11-21-13-20(18-7-5-4-6-8-18)15-30(21)27(31)19-9-10-24-22(14-19)23-16-33-17(2)25(23)26(28)29-24/h4-10,14,17,20-21H,3,11-13,15-16H2,1-2H3,(H2,28,29)/t17-,20+,21+/m1/s1. The number of amides is 1. The molecule has 3 atom stereocenters. The van der Waals surface area contributed by atoms with Gasteiger partial charge in [-0.25, -0.2) is 4.98 Å². The van der Waals surface area contributed by atoms with Gasteiger partial charge < -0.3 is 20.1 Å². The van der Waals surface area contributed by atoms with Gasteiger partial charge >= 0.3 is 0 Å². The predicted octanol–water partition coefficient (Wildman–Crippen LogP) is 4.83. The number of hydrogen-bond donors (Lipinski definition) is 1. The Hall–Kier alpha value is -2.96. The molecule has 6 nitrogen and oxygen atoms in total. The van der Waals surface area contributed by atoms with E-state index in [1.807, 2.05) is 43.0 Å².